The van der Waals surface area contributed by atoms with Crippen molar-refractivity contribution in [2.24, 2.45) is 5.92 Å². The first-order valence-corrected chi connectivity index (χ1v) is 8.46. The first kappa shape index (κ1) is 13.6. The van der Waals surface area contributed by atoms with Gasteiger partial charge < -0.3 is 10.1 Å². The summed E-state index contributed by atoms with van der Waals surface area (Å²) in [5.41, 5.74) is 3.04. The van der Waals surface area contributed by atoms with E-state index in [0.717, 1.165) is 23.8 Å². The number of ether oxygens (including phenoxy) is 1. The van der Waals surface area contributed by atoms with Gasteiger partial charge in [-0.1, -0.05) is 6.07 Å². The van der Waals surface area contributed by atoms with Crippen LogP contribution in [-0.2, 0) is 12.8 Å². The van der Waals surface area contributed by atoms with E-state index in [2.05, 4.69) is 28.4 Å². The number of methoxy groups -OCH3 is 1. The third kappa shape index (κ3) is 2.58. The third-order valence-electron chi connectivity index (χ3n) is 5.76. The smallest absolute Gasteiger partial charge is 0.119 e. The molecule has 21 heavy (non-hydrogen) atoms. The van der Waals surface area contributed by atoms with E-state index in [1.165, 1.54) is 62.9 Å². The molecule has 2 saturated heterocycles. The average molecular weight is 286 g/mol. The van der Waals surface area contributed by atoms with E-state index >= 15 is 0 Å². The van der Waals surface area contributed by atoms with E-state index in [1.54, 1.807) is 7.11 Å². The molecule has 1 N–H and O–H groups in total. The molecular formula is C18H26N2O. The fraction of sp³-hybridized carbons (Fsp3) is 0.667. The molecule has 1 aromatic carbocycles. The number of aryl methyl sites for hydroxylation is 1. The maximum Gasteiger partial charge on any atom is 0.119 e. The Balaban J connectivity index is 1.48. The Labute approximate surface area is 127 Å². The molecule has 0 radical (unpaired) electrons. The van der Waals surface area contributed by atoms with Crippen LogP contribution in [0, 0.1) is 5.92 Å². The van der Waals surface area contributed by atoms with Crippen LogP contribution in [0.1, 0.15) is 30.4 Å². The van der Waals surface area contributed by atoms with Gasteiger partial charge in [0.15, 0.2) is 0 Å². The summed E-state index contributed by atoms with van der Waals surface area (Å²) < 4.78 is 5.39. The number of rotatable bonds is 2. The van der Waals surface area contributed by atoms with Crippen molar-refractivity contribution in [1.82, 2.24) is 10.2 Å². The first-order chi connectivity index (χ1) is 10.3. The third-order valence-corrected chi connectivity index (χ3v) is 5.76. The summed E-state index contributed by atoms with van der Waals surface area (Å²) >= 11 is 0. The van der Waals surface area contributed by atoms with Crippen LogP contribution in [0.15, 0.2) is 18.2 Å². The van der Waals surface area contributed by atoms with Crippen LogP contribution in [0.4, 0.5) is 0 Å². The molecule has 114 valence electrons. The Bertz CT molecular complexity index is 502. The lowest BCUT2D eigenvalue weighted by atomic mass is 9.87. The Kier molecular flexibility index (Phi) is 3.64. The molecule has 3 atom stereocenters. The van der Waals surface area contributed by atoms with E-state index < -0.39 is 0 Å². The van der Waals surface area contributed by atoms with E-state index in [9.17, 15) is 0 Å². The molecular weight excluding hydrogens is 260 g/mol. The number of hydrogen-bond donors (Lipinski definition) is 1. The zero-order valence-electron chi connectivity index (χ0n) is 13.0. The molecule has 0 spiro atoms. The molecule has 0 saturated carbocycles. The minimum absolute atomic E-state index is 0.733. The summed E-state index contributed by atoms with van der Waals surface area (Å²) in [7, 11) is 1.76. The standard InChI is InChI=1S/C18H26N2O/c1-21-17-7-5-13-4-6-16(9-15(13)10-17)20-11-14-3-2-8-19-18(14)12-20/h5,7,10,14,16,18-19H,2-4,6,8-9,11-12H2,1H3/t14-,16?,18+/m0/s1. The lowest BCUT2D eigenvalue weighted by Crippen LogP contribution is -2.42. The van der Waals surface area contributed by atoms with Crippen molar-refractivity contribution in [3.63, 3.8) is 0 Å². The number of nitrogens with zero attached hydrogens (tertiary/aromatic N) is 1. The van der Waals surface area contributed by atoms with Crippen molar-refractivity contribution in [2.75, 3.05) is 26.7 Å². The Morgan fingerprint density at radius 1 is 1.19 bits per heavy atom. The fourth-order valence-corrected chi connectivity index (χ4v) is 4.53. The zero-order valence-corrected chi connectivity index (χ0v) is 13.0. The quantitative estimate of drug-likeness (QED) is 0.902. The van der Waals surface area contributed by atoms with Gasteiger partial charge in [0, 0.05) is 25.2 Å². The minimum atomic E-state index is 0.733. The Hall–Kier alpha value is -1.06. The van der Waals surface area contributed by atoms with Crippen LogP contribution in [0.5, 0.6) is 5.75 Å². The highest BCUT2D eigenvalue weighted by atomic mass is 16.5. The van der Waals surface area contributed by atoms with E-state index in [0.29, 0.717) is 0 Å². The summed E-state index contributed by atoms with van der Waals surface area (Å²) in [5, 5.41) is 3.73. The van der Waals surface area contributed by atoms with Gasteiger partial charge in [0.05, 0.1) is 7.11 Å². The average Bonchev–Trinajstić information content (AvgIpc) is 2.97. The Morgan fingerprint density at radius 3 is 3.00 bits per heavy atom. The number of likely N-dealkylation sites (tertiary alicyclic amines) is 1. The second-order valence-corrected chi connectivity index (χ2v) is 6.95. The summed E-state index contributed by atoms with van der Waals surface area (Å²) in [6.45, 7) is 3.79. The molecule has 4 rings (SSSR count). The van der Waals surface area contributed by atoms with Crippen molar-refractivity contribution in [3.05, 3.63) is 29.3 Å². The van der Waals surface area contributed by atoms with E-state index in [4.69, 9.17) is 4.74 Å². The normalized spacial score (nSPS) is 32.5. The van der Waals surface area contributed by atoms with Gasteiger partial charge in [0.1, 0.15) is 5.75 Å². The molecule has 3 heteroatoms. The second kappa shape index (κ2) is 5.62. The maximum atomic E-state index is 5.39. The van der Waals surface area contributed by atoms with Crippen molar-refractivity contribution in [2.45, 2.75) is 44.2 Å². The zero-order chi connectivity index (χ0) is 14.2. The highest BCUT2D eigenvalue weighted by Gasteiger charge is 2.37. The molecule has 2 heterocycles. The molecule has 1 aliphatic carbocycles. The summed E-state index contributed by atoms with van der Waals surface area (Å²) in [6.07, 6.45) is 6.53. The number of nitrogens with one attached hydrogen (secondary N) is 1. The summed E-state index contributed by atoms with van der Waals surface area (Å²) in [6, 6.07) is 8.11. The van der Waals surface area contributed by atoms with Crippen molar-refractivity contribution >= 4 is 0 Å². The van der Waals surface area contributed by atoms with Gasteiger partial charge in [-0.3, -0.25) is 4.90 Å². The number of piperidine rings is 1. The topological polar surface area (TPSA) is 24.5 Å². The molecule has 3 aliphatic rings. The monoisotopic (exact) mass is 286 g/mol. The van der Waals surface area contributed by atoms with Crippen LogP contribution in [0.2, 0.25) is 0 Å². The predicted molar refractivity (Wildman–Crippen MR) is 84.9 cm³/mol. The SMILES string of the molecule is COc1ccc2c(c1)CC(N1C[C@@H]3CCCN[C@@H]3C1)CC2. The van der Waals surface area contributed by atoms with E-state index in [1.807, 2.05) is 0 Å². The lowest BCUT2D eigenvalue weighted by molar-refractivity contribution is 0.212. The molecule has 2 fully saturated rings. The van der Waals surface area contributed by atoms with Crippen molar-refractivity contribution in [1.29, 1.82) is 0 Å². The van der Waals surface area contributed by atoms with Crippen molar-refractivity contribution < 1.29 is 4.74 Å². The molecule has 3 nitrogen and oxygen atoms in total. The molecule has 0 bridgehead atoms. The molecule has 2 aliphatic heterocycles. The van der Waals surface area contributed by atoms with Gasteiger partial charge in [0.25, 0.3) is 0 Å². The molecule has 0 aromatic heterocycles. The minimum Gasteiger partial charge on any atom is -0.497 e. The van der Waals surface area contributed by atoms with Gasteiger partial charge in [-0.2, -0.15) is 0 Å². The van der Waals surface area contributed by atoms with Gasteiger partial charge in [0.2, 0.25) is 0 Å². The number of benzene rings is 1. The van der Waals surface area contributed by atoms with Gasteiger partial charge in [-0.15, -0.1) is 0 Å². The molecule has 1 unspecified atom stereocenters. The summed E-state index contributed by atoms with van der Waals surface area (Å²) in [4.78, 5) is 2.76. The number of hydrogen-bond acceptors (Lipinski definition) is 3. The highest BCUT2D eigenvalue weighted by Crippen LogP contribution is 2.32. The van der Waals surface area contributed by atoms with Gasteiger partial charge in [-0.25, -0.2) is 0 Å². The van der Waals surface area contributed by atoms with Crippen molar-refractivity contribution in [3.8, 4) is 5.75 Å². The fourth-order valence-electron chi connectivity index (χ4n) is 4.53. The molecule has 0 amide bonds. The summed E-state index contributed by atoms with van der Waals surface area (Å²) in [5.74, 6) is 1.90. The van der Waals surface area contributed by atoms with Gasteiger partial charge in [-0.05, 0) is 67.8 Å². The Morgan fingerprint density at radius 2 is 2.14 bits per heavy atom. The highest BCUT2D eigenvalue weighted by molar-refractivity contribution is 5.38. The number of fused-ring (bicyclic) bond motifs is 2. The lowest BCUT2D eigenvalue weighted by Gasteiger charge is -2.32. The largest absolute Gasteiger partial charge is 0.497 e. The molecule has 1 aromatic rings. The predicted octanol–water partition coefficient (Wildman–Crippen LogP) is 2.24. The van der Waals surface area contributed by atoms with Crippen LogP contribution in [-0.4, -0.2) is 43.7 Å². The van der Waals surface area contributed by atoms with E-state index in [-0.39, 0.29) is 0 Å². The van der Waals surface area contributed by atoms with Crippen LogP contribution < -0.4 is 10.1 Å². The van der Waals surface area contributed by atoms with Crippen LogP contribution in [0.3, 0.4) is 0 Å². The first-order valence-electron chi connectivity index (χ1n) is 8.46. The van der Waals surface area contributed by atoms with Crippen LogP contribution >= 0.6 is 0 Å². The van der Waals surface area contributed by atoms with Crippen LogP contribution in [0.25, 0.3) is 0 Å². The van der Waals surface area contributed by atoms with Gasteiger partial charge >= 0.3 is 0 Å². The maximum absolute atomic E-state index is 5.39. The second-order valence-electron chi connectivity index (χ2n) is 6.95.